The highest BCUT2D eigenvalue weighted by atomic mass is 32.1. The third kappa shape index (κ3) is 5.70. The zero-order chi connectivity index (χ0) is 22.2. The minimum atomic E-state index is -0.542. The van der Waals surface area contributed by atoms with Gasteiger partial charge < -0.3 is 20.1 Å². The molecule has 2 aromatic carbocycles. The summed E-state index contributed by atoms with van der Waals surface area (Å²) in [4.78, 5) is 38.0. The van der Waals surface area contributed by atoms with Gasteiger partial charge in [0.1, 0.15) is 15.6 Å². The molecule has 0 aliphatic rings. The van der Waals surface area contributed by atoms with E-state index in [0.717, 1.165) is 11.3 Å². The second-order valence-corrected chi connectivity index (χ2v) is 7.47. The number of ether oxygens (including phenoxy) is 2. The van der Waals surface area contributed by atoms with Gasteiger partial charge in [0.05, 0.1) is 12.2 Å². The predicted octanol–water partition coefficient (Wildman–Crippen LogP) is 4.50. The van der Waals surface area contributed by atoms with Gasteiger partial charge in [-0.3, -0.25) is 9.59 Å². The first-order valence-corrected chi connectivity index (χ1v) is 10.5. The van der Waals surface area contributed by atoms with Crippen molar-refractivity contribution >= 4 is 39.8 Å². The molecule has 2 amide bonds. The van der Waals surface area contributed by atoms with Crippen molar-refractivity contribution in [1.29, 1.82) is 0 Å². The van der Waals surface area contributed by atoms with Crippen molar-refractivity contribution in [2.75, 3.05) is 23.8 Å². The van der Waals surface area contributed by atoms with E-state index >= 15 is 0 Å². The molecule has 1 heterocycles. The number of amides is 2. The number of esters is 1. The maximum absolute atomic E-state index is 13.0. The average molecular weight is 439 g/mol. The van der Waals surface area contributed by atoms with Crippen LogP contribution in [0.1, 0.15) is 32.5 Å². The molecular formula is C23H22N2O5S. The van der Waals surface area contributed by atoms with Crippen LogP contribution in [0, 0.1) is 6.92 Å². The van der Waals surface area contributed by atoms with Crippen LogP contribution in [0.5, 0.6) is 5.75 Å². The summed E-state index contributed by atoms with van der Waals surface area (Å²) in [5.41, 5.74) is 1.25. The van der Waals surface area contributed by atoms with Gasteiger partial charge >= 0.3 is 5.97 Å². The summed E-state index contributed by atoms with van der Waals surface area (Å²) in [5, 5.41) is 5.74. The van der Waals surface area contributed by atoms with Crippen molar-refractivity contribution in [2.45, 2.75) is 13.8 Å². The standard InChI is InChI=1S/C23H22N2O5S/c1-3-29-23(28)20-15(2)19(21(27)24-16-10-6-4-7-11-16)22(31-20)25-18(26)14-30-17-12-8-5-9-13-17/h4-13H,3,14H2,1-2H3,(H,24,27)(H,25,26). The third-order valence-corrected chi connectivity index (χ3v) is 5.42. The van der Waals surface area contributed by atoms with Gasteiger partial charge in [0.15, 0.2) is 6.61 Å². The van der Waals surface area contributed by atoms with Crippen molar-refractivity contribution in [3.63, 3.8) is 0 Å². The molecular weight excluding hydrogens is 416 g/mol. The summed E-state index contributed by atoms with van der Waals surface area (Å²) < 4.78 is 10.5. The lowest BCUT2D eigenvalue weighted by atomic mass is 10.1. The van der Waals surface area contributed by atoms with Crippen LogP contribution in [0.2, 0.25) is 0 Å². The van der Waals surface area contributed by atoms with Crippen LogP contribution in [0.3, 0.4) is 0 Å². The molecule has 3 aromatic rings. The second-order valence-electron chi connectivity index (χ2n) is 6.45. The topological polar surface area (TPSA) is 93.7 Å². The average Bonchev–Trinajstić information content (AvgIpc) is 3.09. The Bertz CT molecular complexity index is 1060. The lowest BCUT2D eigenvalue weighted by Gasteiger charge is -2.09. The number of benzene rings is 2. The summed E-state index contributed by atoms with van der Waals surface area (Å²) in [6.07, 6.45) is 0. The van der Waals surface area contributed by atoms with Gasteiger partial charge in [-0.25, -0.2) is 4.79 Å². The Kier molecular flexibility index (Phi) is 7.40. The van der Waals surface area contributed by atoms with E-state index in [9.17, 15) is 14.4 Å². The van der Waals surface area contributed by atoms with Gasteiger partial charge in [0.2, 0.25) is 0 Å². The number of hydrogen-bond donors (Lipinski definition) is 2. The van der Waals surface area contributed by atoms with E-state index in [1.54, 1.807) is 62.4 Å². The molecule has 0 atom stereocenters. The Labute approximate surface area is 184 Å². The Hall–Kier alpha value is -3.65. The Balaban J connectivity index is 1.82. The Morgan fingerprint density at radius 1 is 0.935 bits per heavy atom. The van der Waals surface area contributed by atoms with Crippen molar-refractivity contribution in [1.82, 2.24) is 0 Å². The summed E-state index contributed by atoms with van der Waals surface area (Å²) >= 11 is 1.00. The Morgan fingerprint density at radius 3 is 2.23 bits per heavy atom. The second kappa shape index (κ2) is 10.4. The van der Waals surface area contributed by atoms with Crippen LogP contribution < -0.4 is 15.4 Å². The molecule has 3 rings (SSSR count). The molecule has 7 nitrogen and oxygen atoms in total. The molecule has 8 heteroatoms. The van der Waals surface area contributed by atoms with E-state index in [1.807, 2.05) is 12.1 Å². The highest BCUT2D eigenvalue weighted by Gasteiger charge is 2.26. The van der Waals surface area contributed by atoms with Crippen molar-refractivity contribution < 1.29 is 23.9 Å². The first-order chi connectivity index (χ1) is 15.0. The summed E-state index contributed by atoms with van der Waals surface area (Å²) in [5.74, 6) is -0.877. The zero-order valence-electron chi connectivity index (χ0n) is 17.1. The summed E-state index contributed by atoms with van der Waals surface area (Å²) in [6.45, 7) is 3.32. The van der Waals surface area contributed by atoms with Crippen LogP contribution in [-0.4, -0.2) is 31.0 Å². The number of thiophene rings is 1. The van der Waals surface area contributed by atoms with E-state index in [-0.39, 0.29) is 28.7 Å². The molecule has 0 saturated carbocycles. The number of nitrogens with one attached hydrogen (secondary N) is 2. The molecule has 0 bridgehead atoms. The van der Waals surface area contributed by atoms with Gasteiger partial charge in [-0.2, -0.15) is 0 Å². The number of carbonyl (C=O) groups is 3. The zero-order valence-corrected chi connectivity index (χ0v) is 18.0. The number of rotatable bonds is 8. The van der Waals surface area contributed by atoms with Crippen LogP contribution in [0.25, 0.3) is 0 Å². The number of para-hydroxylation sites is 2. The normalized spacial score (nSPS) is 10.3. The fourth-order valence-corrected chi connectivity index (χ4v) is 3.92. The number of carbonyl (C=O) groups excluding carboxylic acids is 3. The van der Waals surface area contributed by atoms with Gasteiger partial charge in [0.25, 0.3) is 11.8 Å². The first-order valence-electron chi connectivity index (χ1n) is 9.64. The van der Waals surface area contributed by atoms with Crippen molar-refractivity contribution in [3.05, 3.63) is 76.7 Å². The largest absolute Gasteiger partial charge is 0.484 e. The predicted molar refractivity (Wildman–Crippen MR) is 120 cm³/mol. The molecule has 1 aromatic heterocycles. The van der Waals surface area contributed by atoms with Crippen molar-refractivity contribution in [3.8, 4) is 5.75 Å². The van der Waals surface area contributed by atoms with E-state index in [2.05, 4.69) is 10.6 Å². The molecule has 0 fully saturated rings. The molecule has 31 heavy (non-hydrogen) atoms. The molecule has 0 spiro atoms. The maximum atomic E-state index is 13.0. The number of hydrogen-bond acceptors (Lipinski definition) is 6. The number of anilines is 2. The van der Waals surface area contributed by atoms with E-state index in [4.69, 9.17) is 9.47 Å². The third-order valence-electron chi connectivity index (χ3n) is 4.23. The van der Waals surface area contributed by atoms with Crippen LogP contribution in [-0.2, 0) is 9.53 Å². The summed E-state index contributed by atoms with van der Waals surface area (Å²) in [6, 6.07) is 17.8. The van der Waals surface area contributed by atoms with E-state index < -0.39 is 17.8 Å². The highest BCUT2D eigenvalue weighted by Crippen LogP contribution is 2.34. The fourth-order valence-electron chi connectivity index (χ4n) is 2.81. The van der Waals surface area contributed by atoms with E-state index in [1.165, 1.54) is 0 Å². The molecule has 0 saturated heterocycles. The van der Waals surface area contributed by atoms with Gasteiger partial charge in [-0.15, -0.1) is 11.3 Å². The minimum Gasteiger partial charge on any atom is -0.484 e. The Morgan fingerprint density at radius 2 is 1.58 bits per heavy atom. The molecule has 0 aliphatic carbocycles. The maximum Gasteiger partial charge on any atom is 0.348 e. The van der Waals surface area contributed by atoms with Gasteiger partial charge in [-0.05, 0) is 43.7 Å². The summed E-state index contributed by atoms with van der Waals surface area (Å²) in [7, 11) is 0. The van der Waals surface area contributed by atoms with Crippen LogP contribution in [0.15, 0.2) is 60.7 Å². The molecule has 0 radical (unpaired) electrons. The first kappa shape index (κ1) is 22.0. The van der Waals surface area contributed by atoms with Gasteiger partial charge in [-0.1, -0.05) is 36.4 Å². The van der Waals surface area contributed by atoms with Gasteiger partial charge in [0, 0.05) is 5.69 Å². The fraction of sp³-hybridized carbons (Fsp3) is 0.174. The molecule has 0 aliphatic heterocycles. The van der Waals surface area contributed by atoms with Crippen LogP contribution >= 0.6 is 11.3 Å². The van der Waals surface area contributed by atoms with E-state index in [0.29, 0.717) is 17.0 Å². The SMILES string of the molecule is CCOC(=O)c1sc(NC(=O)COc2ccccc2)c(C(=O)Nc2ccccc2)c1C. The van der Waals surface area contributed by atoms with Crippen LogP contribution in [0.4, 0.5) is 10.7 Å². The monoisotopic (exact) mass is 438 g/mol. The highest BCUT2D eigenvalue weighted by molar-refractivity contribution is 7.18. The quantitative estimate of drug-likeness (QED) is 0.505. The molecule has 160 valence electrons. The lowest BCUT2D eigenvalue weighted by molar-refractivity contribution is -0.118. The van der Waals surface area contributed by atoms with Crippen molar-refractivity contribution in [2.24, 2.45) is 0 Å². The molecule has 0 unspecified atom stereocenters. The molecule has 2 N–H and O–H groups in total. The lowest BCUT2D eigenvalue weighted by Crippen LogP contribution is -2.22. The minimum absolute atomic E-state index is 0.203. The smallest absolute Gasteiger partial charge is 0.348 e.